The monoisotopic (exact) mass is 228 g/mol. The van der Waals surface area contributed by atoms with Gasteiger partial charge in [0, 0.05) is 24.0 Å². The maximum absolute atomic E-state index is 9.52. The van der Waals surface area contributed by atoms with Crippen molar-refractivity contribution in [1.29, 1.82) is 0 Å². The molecule has 0 spiro atoms. The first kappa shape index (κ1) is 11.1. The van der Waals surface area contributed by atoms with Crippen LogP contribution >= 0.6 is 0 Å². The first-order valence-corrected chi connectivity index (χ1v) is 5.17. The molecular formula is C13H12N2O2. The fourth-order valence-electron chi connectivity index (χ4n) is 1.37. The largest absolute Gasteiger partial charge is 0.508 e. The van der Waals surface area contributed by atoms with Crippen molar-refractivity contribution < 1.29 is 10.2 Å². The Labute approximate surface area is 98.9 Å². The smallest absolute Gasteiger partial charge is 0.128 e. The van der Waals surface area contributed by atoms with Gasteiger partial charge >= 0.3 is 0 Å². The summed E-state index contributed by atoms with van der Waals surface area (Å²) in [5, 5.41) is 18.6. The fourth-order valence-corrected chi connectivity index (χ4v) is 1.37. The standard InChI is InChI=1S/C13H12N2O2/c16-12-5-4-10(13(17)7-12)8-14-9-11-3-1-2-6-15-11/h1-8,16-17H,9H2. The number of aromatic hydroxyl groups is 2. The quantitative estimate of drug-likeness (QED) is 0.791. The number of pyridine rings is 1. The Balaban J connectivity index is 2.06. The van der Waals surface area contributed by atoms with Gasteiger partial charge < -0.3 is 10.2 Å². The number of benzene rings is 1. The first-order chi connectivity index (χ1) is 8.25. The van der Waals surface area contributed by atoms with Crippen LogP contribution in [0.15, 0.2) is 47.6 Å². The summed E-state index contributed by atoms with van der Waals surface area (Å²) in [7, 11) is 0. The molecule has 0 saturated carbocycles. The maximum atomic E-state index is 9.52. The molecule has 2 aromatic rings. The molecule has 0 saturated heterocycles. The van der Waals surface area contributed by atoms with Crippen molar-refractivity contribution in [2.45, 2.75) is 6.54 Å². The summed E-state index contributed by atoms with van der Waals surface area (Å²) in [6, 6.07) is 10.0. The third kappa shape index (κ3) is 3.04. The van der Waals surface area contributed by atoms with Gasteiger partial charge in [0.15, 0.2) is 0 Å². The van der Waals surface area contributed by atoms with Crippen molar-refractivity contribution in [3.05, 3.63) is 53.9 Å². The molecule has 0 fully saturated rings. The summed E-state index contributed by atoms with van der Waals surface area (Å²) in [5.41, 5.74) is 1.43. The Hall–Kier alpha value is -2.36. The third-order valence-corrected chi connectivity index (χ3v) is 2.22. The highest BCUT2D eigenvalue weighted by atomic mass is 16.3. The van der Waals surface area contributed by atoms with Crippen LogP contribution < -0.4 is 0 Å². The molecule has 1 aromatic heterocycles. The van der Waals surface area contributed by atoms with Gasteiger partial charge in [0.25, 0.3) is 0 Å². The molecule has 4 heteroatoms. The van der Waals surface area contributed by atoms with Gasteiger partial charge in [-0.3, -0.25) is 9.98 Å². The van der Waals surface area contributed by atoms with E-state index in [-0.39, 0.29) is 11.5 Å². The van der Waals surface area contributed by atoms with Crippen LogP contribution in [0.4, 0.5) is 0 Å². The lowest BCUT2D eigenvalue weighted by Gasteiger charge is -1.99. The van der Waals surface area contributed by atoms with E-state index in [0.717, 1.165) is 5.69 Å². The number of rotatable bonds is 3. The van der Waals surface area contributed by atoms with Crippen LogP contribution in [-0.2, 0) is 6.54 Å². The summed E-state index contributed by atoms with van der Waals surface area (Å²) < 4.78 is 0. The van der Waals surface area contributed by atoms with Crippen LogP contribution in [0.2, 0.25) is 0 Å². The molecule has 1 aromatic carbocycles. The SMILES string of the molecule is Oc1ccc(C=NCc2ccccn2)c(O)c1. The predicted molar refractivity (Wildman–Crippen MR) is 65.3 cm³/mol. The lowest BCUT2D eigenvalue weighted by molar-refractivity contribution is 0.450. The Kier molecular flexibility index (Phi) is 3.35. The van der Waals surface area contributed by atoms with Crippen molar-refractivity contribution in [2.24, 2.45) is 4.99 Å². The zero-order valence-corrected chi connectivity index (χ0v) is 9.11. The number of nitrogens with zero attached hydrogens (tertiary/aromatic N) is 2. The van der Waals surface area contributed by atoms with E-state index in [4.69, 9.17) is 5.11 Å². The molecule has 0 unspecified atom stereocenters. The molecule has 86 valence electrons. The average molecular weight is 228 g/mol. The number of aliphatic imine (C=N–C) groups is 1. The van der Waals surface area contributed by atoms with Crippen LogP contribution in [0.5, 0.6) is 11.5 Å². The third-order valence-electron chi connectivity index (χ3n) is 2.22. The van der Waals surface area contributed by atoms with E-state index in [1.807, 2.05) is 18.2 Å². The van der Waals surface area contributed by atoms with Crippen LogP contribution in [0.25, 0.3) is 0 Å². The van der Waals surface area contributed by atoms with E-state index in [1.165, 1.54) is 12.1 Å². The van der Waals surface area contributed by atoms with Gasteiger partial charge in [0.2, 0.25) is 0 Å². The summed E-state index contributed by atoms with van der Waals surface area (Å²) in [4.78, 5) is 8.30. The number of hydrogen-bond acceptors (Lipinski definition) is 4. The predicted octanol–water partition coefficient (Wildman–Crippen LogP) is 2.11. The van der Waals surface area contributed by atoms with E-state index in [0.29, 0.717) is 12.1 Å². The molecule has 17 heavy (non-hydrogen) atoms. The highest BCUT2D eigenvalue weighted by Gasteiger charge is 1.98. The lowest BCUT2D eigenvalue weighted by Crippen LogP contribution is -1.87. The van der Waals surface area contributed by atoms with E-state index in [1.54, 1.807) is 18.5 Å². The van der Waals surface area contributed by atoms with Crippen LogP contribution in [-0.4, -0.2) is 21.4 Å². The van der Waals surface area contributed by atoms with Gasteiger partial charge in [0.05, 0.1) is 12.2 Å². The average Bonchev–Trinajstić information content (AvgIpc) is 2.33. The molecule has 0 bridgehead atoms. The van der Waals surface area contributed by atoms with Gasteiger partial charge in [-0.1, -0.05) is 6.07 Å². The minimum absolute atomic E-state index is 0.00905. The fraction of sp³-hybridized carbons (Fsp3) is 0.0769. The second kappa shape index (κ2) is 5.12. The van der Waals surface area contributed by atoms with Crippen molar-refractivity contribution in [1.82, 2.24) is 4.98 Å². The molecular weight excluding hydrogens is 216 g/mol. The van der Waals surface area contributed by atoms with Gasteiger partial charge in [-0.2, -0.15) is 0 Å². The van der Waals surface area contributed by atoms with Crippen LogP contribution in [0, 0.1) is 0 Å². The number of hydrogen-bond donors (Lipinski definition) is 2. The zero-order chi connectivity index (χ0) is 12.1. The summed E-state index contributed by atoms with van der Waals surface area (Å²) in [5.74, 6) is 0.0409. The minimum atomic E-state index is 0.00905. The van der Waals surface area contributed by atoms with Crippen LogP contribution in [0.1, 0.15) is 11.3 Å². The first-order valence-electron chi connectivity index (χ1n) is 5.17. The zero-order valence-electron chi connectivity index (χ0n) is 9.11. The normalized spacial score (nSPS) is 10.8. The Morgan fingerprint density at radius 2 is 2.06 bits per heavy atom. The van der Waals surface area contributed by atoms with E-state index >= 15 is 0 Å². The Morgan fingerprint density at radius 3 is 2.76 bits per heavy atom. The highest BCUT2D eigenvalue weighted by Crippen LogP contribution is 2.20. The van der Waals surface area contributed by atoms with Crippen molar-refractivity contribution in [2.75, 3.05) is 0 Å². The molecule has 0 aliphatic rings. The molecule has 0 aliphatic carbocycles. The highest BCUT2D eigenvalue weighted by molar-refractivity contribution is 5.83. The molecule has 0 radical (unpaired) electrons. The summed E-state index contributed by atoms with van der Waals surface area (Å²) in [6.45, 7) is 0.459. The topological polar surface area (TPSA) is 65.7 Å². The van der Waals surface area contributed by atoms with Gasteiger partial charge in [-0.05, 0) is 24.3 Å². The van der Waals surface area contributed by atoms with E-state index in [2.05, 4.69) is 9.98 Å². The Morgan fingerprint density at radius 1 is 1.18 bits per heavy atom. The Bertz CT molecular complexity index is 524. The number of phenolic OH excluding ortho intramolecular Hbond substituents is 2. The molecule has 4 nitrogen and oxygen atoms in total. The molecule has 2 rings (SSSR count). The minimum Gasteiger partial charge on any atom is -0.508 e. The van der Waals surface area contributed by atoms with Gasteiger partial charge in [-0.15, -0.1) is 0 Å². The molecule has 0 aliphatic heterocycles. The maximum Gasteiger partial charge on any atom is 0.128 e. The van der Waals surface area contributed by atoms with Crippen molar-refractivity contribution >= 4 is 6.21 Å². The second-order valence-corrected chi connectivity index (χ2v) is 3.53. The number of phenols is 2. The summed E-state index contributed by atoms with van der Waals surface area (Å²) >= 11 is 0. The van der Waals surface area contributed by atoms with Crippen molar-refractivity contribution in [3.63, 3.8) is 0 Å². The second-order valence-electron chi connectivity index (χ2n) is 3.53. The van der Waals surface area contributed by atoms with E-state index in [9.17, 15) is 5.11 Å². The summed E-state index contributed by atoms with van der Waals surface area (Å²) in [6.07, 6.45) is 3.27. The molecule has 2 N–H and O–H groups in total. The lowest BCUT2D eigenvalue weighted by atomic mass is 10.2. The van der Waals surface area contributed by atoms with Crippen LogP contribution in [0.3, 0.4) is 0 Å². The van der Waals surface area contributed by atoms with E-state index < -0.39 is 0 Å². The molecule has 0 atom stereocenters. The molecule has 1 heterocycles. The molecule has 0 amide bonds. The van der Waals surface area contributed by atoms with Crippen molar-refractivity contribution in [3.8, 4) is 11.5 Å². The van der Waals surface area contributed by atoms with Gasteiger partial charge in [0.1, 0.15) is 11.5 Å². The number of aromatic nitrogens is 1. The van der Waals surface area contributed by atoms with Gasteiger partial charge in [-0.25, -0.2) is 0 Å².